The highest BCUT2D eigenvalue weighted by Gasteiger charge is 2.00. The number of oxime groups is 1. The third kappa shape index (κ3) is 4.17. The molecule has 0 spiro atoms. The molecule has 0 saturated carbocycles. The van der Waals surface area contributed by atoms with Gasteiger partial charge < -0.3 is 4.84 Å². The quantitative estimate of drug-likeness (QED) is 0.292. The smallest absolute Gasteiger partial charge is 0.183 e. The molecular formula is C11H12N4OS. The number of hydrogen-bond donors (Lipinski definition) is 1. The van der Waals surface area contributed by atoms with E-state index in [2.05, 4.69) is 20.3 Å². The monoisotopic (exact) mass is 248 g/mol. The lowest BCUT2D eigenvalue weighted by Crippen LogP contribution is -2.12. The number of nitrogens with one attached hydrogen (secondary N) is 1. The molecule has 0 aliphatic carbocycles. The number of para-hydroxylation sites is 1. The van der Waals surface area contributed by atoms with Crippen molar-refractivity contribution in [2.24, 2.45) is 10.1 Å². The summed E-state index contributed by atoms with van der Waals surface area (Å²) in [6, 6.07) is 7.46. The van der Waals surface area contributed by atoms with Gasteiger partial charge in [0.2, 0.25) is 0 Å². The van der Waals surface area contributed by atoms with Crippen LogP contribution in [0.3, 0.4) is 0 Å². The molecule has 0 fully saturated rings. The highest BCUT2D eigenvalue weighted by Crippen LogP contribution is 2.18. The zero-order valence-electron chi connectivity index (χ0n) is 9.54. The highest BCUT2D eigenvalue weighted by molar-refractivity contribution is 8.13. The van der Waals surface area contributed by atoms with E-state index < -0.39 is 0 Å². The Kier molecular flexibility index (Phi) is 5.61. The van der Waals surface area contributed by atoms with Crippen molar-refractivity contribution in [3.05, 3.63) is 29.8 Å². The largest absolute Gasteiger partial charge is 0.399 e. The predicted octanol–water partition coefficient (Wildman–Crippen LogP) is 2.09. The third-order valence-corrected chi connectivity index (χ3v) is 2.39. The van der Waals surface area contributed by atoms with Crippen LogP contribution in [0.5, 0.6) is 0 Å². The maximum atomic E-state index is 8.55. The fourth-order valence-corrected chi connectivity index (χ4v) is 1.43. The Morgan fingerprint density at radius 1 is 1.53 bits per heavy atom. The summed E-state index contributed by atoms with van der Waals surface area (Å²) >= 11 is 1.36. The second kappa shape index (κ2) is 7.30. The fourth-order valence-electron chi connectivity index (χ4n) is 1.09. The molecule has 0 radical (unpaired) electrons. The molecule has 88 valence electrons. The second-order valence-electron chi connectivity index (χ2n) is 2.83. The van der Waals surface area contributed by atoms with Crippen molar-refractivity contribution in [1.29, 1.82) is 5.26 Å². The van der Waals surface area contributed by atoms with Gasteiger partial charge in [-0.15, -0.1) is 0 Å². The summed E-state index contributed by atoms with van der Waals surface area (Å²) in [7, 11) is 1.48. The predicted molar refractivity (Wildman–Crippen MR) is 70.4 cm³/mol. The lowest BCUT2D eigenvalue weighted by atomic mass is 10.2. The number of hydrogen-bond acceptors (Lipinski definition) is 5. The minimum atomic E-state index is 0.533. The van der Waals surface area contributed by atoms with Crippen molar-refractivity contribution >= 4 is 28.8 Å². The second-order valence-corrected chi connectivity index (χ2v) is 3.63. The summed E-state index contributed by atoms with van der Waals surface area (Å²) in [4.78, 5) is 8.95. The summed E-state index contributed by atoms with van der Waals surface area (Å²) in [6.07, 6.45) is 5.26. The Morgan fingerprint density at radius 3 is 2.94 bits per heavy atom. The summed E-state index contributed by atoms with van der Waals surface area (Å²) < 4.78 is 0. The summed E-state index contributed by atoms with van der Waals surface area (Å²) in [5, 5.41) is 15.3. The van der Waals surface area contributed by atoms with Gasteiger partial charge in [-0.3, -0.25) is 5.32 Å². The number of amidine groups is 1. The van der Waals surface area contributed by atoms with Crippen molar-refractivity contribution in [2.45, 2.75) is 0 Å². The molecule has 1 rings (SSSR count). The van der Waals surface area contributed by atoms with Gasteiger partial charge in [0.25, 0.3) is 0 Å². The lowest BCUT2D eigenvalue weighted by molar-refractivity contribution is 0.215. The van der Waals surface area contributed by atoms with Gasteiger partial charge in [-0.05, 0) is 12.3 Å². The van der Waals surface area contributed by atoms with Crippen LogP contribution in [0.4, 0.5) is 5.69 Å². The molecule has 0 aliphatic rings. The van der Waals surface area contributed by atoms with Crippen molar-refractivity contribution in [1.82, 2.24) is 5.32 Å². The number of nitrogens with zero attached hydrogens (tertiary/aromatic N) is 3. The average Bonchev–Trinajstić information content (AvgIpc) is 2.37. The molecule has 1 N–H and O–H groups in total. The van der Waals surface area contributed by atoms with Gasteiger partial charge in [0.15, 0.2) is 11.4 Å². The Labute approximate surface area is 104 Å². The molecule has 0 bridgehead atoms. The van der Waals surface area contributed by atoms with Crippen molar-refractivity contribution in [3.63, 3.8) is 0 Å². The van der Waals surface area contributed by atoms with Crippen LogP contribution in [0.15, 0.2) is 34.4 Å². The average molecular weight is 248 g/mol. The molecule has 0 aromatic heterocycles. The summed E-state index contributed by atoms with van der Waals surface area (Å²) in [5.41, 5.74) is 1.54. The van der Waals surface area contributed by atoms with E-state index in [9.17, 15) is 0 Å². The minimum Gasteiger partial charge on any atom is -0.399 e. The molecule has 17 heavy (non-hydrogen) atoms. The molecule has 5 nitrogen and oxygen atoms in total. The standard InChI is InChI=1S/C11H12N4OS/c1-16-14-7-9-5-3-4-6-10(9)15-11(17-2)13-8-12/h3-7H,1-2H3,(H,13,15). The maximum Gasteiger partial charge on any atom is 0.183 e. The molecule has 0 aliphatic heterocycles. The van der Waals surface area contributed by atoms with Crippen molar-refractivity contribution in [3.8, 4) is 6.19 Å². The van der Waals surface area contributed by atoms with Crippen LogP contribution in [0.1, 0.15) is 5.56 Å². The van der Waals surface area contributed by atoms with E-state index in [0.717, 1.165) is 11.3 Å². The zero-order chi connectivity index (χ0) is 12.5. The first-order chi connectivity index (χ1) is 8.31. The molecule has 0 atom stereocenters. The van der Waals surface area contributed by atoms with Crippen LogP contribution in [0.2, 0.25) is 0 Å². The van der Waals surface area contributed by atoms with E-state index >= 15 is 0 Å². The molecule has 0 heterocycles. The summed E-state index contributed by atoms with van der Waals surface area (Å²) in [6.45, 7) is 0. The number of benzene rings is 1. The summed E-state index contributed by atoms with van der Waals surface area (Å²) in [5.74, 6) is 0. The van der Waals surface area contributed by atoms with Gasteiger partial charge in [0.05, 0.1) is 11.9 Å². The molecule has 0 saturated heterocycles. The molecule has 0 amide bonds. The number of thioether (sulfide) groups is 1. The van der Waals surface area contributed by atoms with Crippen LogP contribution in [-0.4, -0.2) is 24.7 Å². The molecule has 0 unspecified atom stereocenters. The number of rotatable bonds is 3. The number of nitriles is 1. The van der Waals surface area contributed by atoms with Gasteiger partial charge in [0, 0.05) is 5.56 Å². The van der Waals surface area contributed by atoms with Crippen LogP contribution < -0.4 is 5.32 Å². The van der Waals surface area contributed by atoms with Crippen LogP contribution >= 0.6 is 11.8 Å². The molecule has 1 aromatic carbocycles. The van der Waals surface area contributed by atoms with Crippen LogP contribution in [0.25, 0.3) is 0 Å². The Hall–Kier alpha value is -2.00. The fraction of sp³-hybridized carbons (Fsp3) is 0.182. The van der Waals surface area contributed by atoms with Gasteiger partial charge in [0.1, 0.15) is 7.11 Å². The maximum absolute atomic E-state index is 8.55. The Bertz CT molecular complexity index is 465. The van der Waals surface area contributed by atoms with E-state index in [-0.39, 0.29) is 0 Å². The first-order valence-corrected chi connectivity index (χ1v) is 5.97. The van der Waals surface area contributed by atoms with E-state index in [4.69, 9.17) is 5.26 Å². The lowest BCUT2D eigenvalue weighted by Gasteiger charge is -2.02. The van der Waals surface area contributed by atoms with Crippen LogP contribution in [-0.2, 0) is 4.84 Å². The molecule has 1 aromatic rings. The molecular weight excluding hydrogens is 236 g/mol. The normalized spacial score (nSPS) is 11.2. The Morgan fingerprint density at radius 2 is 2.29 bits per heavy atom. The van der Waals surface area contributed by atoms with Gasteiger partial charge in [-0.25, -0.2) is 4.99 Å². The highest BCUT2D eigenvalue weighted by atomic mass is 32.2. The van der Waals surface area contributed by atoms with E-state index in [1.54, 1.807) is 6.21 Å². The van der Waals surface area contributed by atoms with Gasteiger partial charge in [-0.2, -0.15) is 5.26 Å². The minimum absolute atomic E-state index is 0.533. The van der Waals surface area contributed by atoms with E-state index in [1.165, 1.54) is 18.9 Å². The Balaban J connectivity index is 3.04. The molecule has 6 heteroatoms. The topological polar surface area (TPSA) is 69.8 Å². The van der Waals surface area contributed by atoms with E-state index in [1.807, 2.05) is 36.7 Å². The van der Waals surface area contributed by atoms with Crippen molar-refractivity contribution in [2.75, 3.05) is 13.4 Å². The van der Waals surface area contributed by atoms with Crippen LogP contribution in [0, 0.1) is 11.5 Å². The zero-order valence-corrected chi connectivity index (χ0v) is 10.4. The SMILES string of the molecule is CON=Cc1ccccc1N=C(NC#N)SC. The first-order valence-electron chi connectivity index (χ1n) is 4.75. The van der Waals surface area contributed by atoms with Crippen molar-refractivity contribution < 1.29 is 4.84 Å². The third-order valence-electron chi connectivity index (χ3n) is 1.81. The first kappa shape index (κ1) is 13.1. The van der Waals surface area contributed by atoms with Gasteiger partial charge >= 0.3 is 0 Å². The van der Waals surface area contributed by atoms with Gasteiger partial charge in [-0.1, -0.05) is 35.1 Å². The number of aliphatic imine (C=N–C) groups is 1. The van der Waals surface area contributed by atoms with E-state index in [0.29, 0.717) is 5.17 Å².